The number of rotatable bonds is 23. The zero-order valence-electron chi connectivity index (χ0n) is 24.1. The van der Waals surface area contributed by atoms with Gasteiger partial charge in [0.2, 0.25) is 0 Å². The fraction of sp³-hybridized carbons (Fsp3) is 0.600. The van der Waals surface area contributed by atoms with Crippen LogP contribution in [0.2, 0.25) is 0 Å². The van der Waals surface area contributed by atoms with Gasteiger partial charge in [0.05, 0.1) is 40.0 Å². The van der Waals surface area contributed by atoms with Crippen LogP contribution in [0.15, 0.2) is 0 Å². The molecule has 0 aliphatic rings. The van der Waals surface area contributed by atoms with Crippen LogP contribution in [0.25, 0.3) is 0 Å². The van der Waals surface area contributed by atoms with Gasteiger partial charge in [-0.25, -0.2) is 28.8 Å². The Morgan fingerprint density at radius 2 is 0.643 bits per heavy atom. The fourth-order valence-electron chi connectivity index (χ4n) is 4.91. The highest BCUT2D eigenvalue weighted by Crippen LogP contribution is 2.31. The monoisotopic (exact) mass is 594 g/mol. The molecule has 1 aromatic carbocycles. The van der Waals surface area contributed by atoms with Crippen molar-refractivity contribution in [3.05, 3.63) is 33.4 Å². The number of unbranched alkanes of at least 4 members (excludes halogenated alkanes) is 15. The first-order valence-electron chi connectivity index (χ1n) is 14.5. The third-order valence-corrected chi connectivity index (χ3v) is 7.00. The van der Waals surface area contributed by atoms with Crippen molar-refractivity contribution in [3.63, 3.8) is 0 Å². The standard InChI is InChI=1S/C30H42O12/c1-2-3-4-5-6-7-8-9-10-11-12-13-14-15-16-17-18-42-30(41)24-22(28(37)38)20(26(33)34)19(25(31)32)21(27(35)36)23(24)29(39)40/h2-18H2,1H3,(H,31,32)(H,33,34)(H,35,36)(H,37,38)(H,39,40). The predicted octanol–water partition coefficient (Wildman–Crippen LogP) is 6.60. The maximum Gasteiger partial charge on any atom is 0.339 e. The molecule has 0 fully saturated rings. The molecule has 234 valence electrons. The lowest BCUT2D eigenvalue weighted by atomic mass is 9.86. The van der Waals surface area contributed by atoms with Gasteiger partial charge >= 0.3 is 35.8 Å². The molecule has 0 aliphatic heterocycles. The van der Waals surface area contributed by atoms with Gasteiger partial charge in [0.1, 0.15) is 0 Å². The van der Waals surface area contributed by atoms with Crippen LogP contribution in [0.5, 0.6) is 0 Å². The van der Waals surface area contributed by atoms with E-state index in [1.165, 1.54) is 64.2 Å². The molecule has 0 amide bonds. The highest BCUT2D eigenvalue weighted by molar-refractivity contribution is 6.23. The summed E-state index contributed by atoms with van der Waals surface area (Å²) in [6.45, 7) is 1.95. The Kier molecular flexibility index (Phi) is 16.5. The van der Waals surface area contributed by atoms with Gasteiger partial charge < -0.3 is 30.3 Å². The molecule has 0 aromatic heterocycles. The third-order valence-electron chi connectivity index (χ3n) is 7.00. The second-order valence-electron chi connectivity index (χ2n) is 10.2. The predicted molar refractivity (Wildman–Crippen MR) is 151 cm³/mol. The fourth-order valence-corrected chi connectivity index (χ4v) is 4.91. The molecule has 0 heterocycles. The van der Waals surface area contributed by atoms with Gasteiger partial charge in [-0.1, -0.05) is 103 Å². The average molecular weight is 595 g/mol. The minimum atomic E-state index is -2.19. The molecule has 0 bridgehead atoms. The Morgan fingerprint density at radius 1 is 0.405 bits per heavy atom. The second kappa shape index (κ2) is 19.2. The van der Waals surface area contributed by atoms with Crippen molar-refractivity contribution in [3.8, 4) is 0 Å². The minimum Gasteiger partial charge on any atom is -0.478 e. The summed E-state index contributed by atoms with van der Waals surface area (Å²) in [5, 5.41) is 47.6. The maximum atomic E-state index is 12.8. The first-order chi connectivity index (χ1) is 20.0. The van der Waals surface area contributed by atoms with Crippen molar-refractivity contribution >= 4 is 35.8 Å². The van der Waals surface area contributed by atoms with Crippen LogP contribution in [0.3, 0.4) is 0 Å². The normalized spacial score (nSPS) is 10.8. The van der Waals surface area contributed by atoms with Crippen LogP contribution in [-0.4, -0.2) is 68.0 Å². The molecule has 0 saturated carbocycles. The third kappa shape index (κ3) is 11.1. The number of esters is 1. The van der Waals surface area contributed by atoms with Crippen LogP contribution in [0.4, 0.5) is 0 Å². The number of carbonyl (C=O) groups excluding carboxylic acids is 1. The second-order valence-corrected chi connectivity index (χ2v) is 10.2. The molecule has 0 spiro atoms. The van der Waals surface area contributed by atoms with Crippen LogP contribution >= 0.6 is 0 Å². The summed E-state index contributed by atoms with van der Waals surface area (Å²) < 4.78 is 5.00. The zero-order chi connectivity index (χ0) is 31.7. The van der Waals surface area contributed by atoms with Gasteiger partial charge in [0.25, 0.3) is 0 Å². The molecule has 42 heavy (non-hydrogen) atoms. The Balaban J connectivity index is 2.68. The van der Waals surface area contributed by atoms with Crippen LogP contribution in [-0.2, 0) is 4.74 Å². The summed E-state index contributed by atoms with van der Waals surface area (Å²) in [5.74, 6) is -12.4. The van der Waals surface area contributed by atoms with E-state index in [4.69, 9.17) is 4.74 Å². The number of carbonyl (C=O) groups is 6. The Morgan fingerprint density at radius 3 is 0.905 bits per heavy atom. The largest absolute Gasteiger partial charge is 0.478 e. The molecule has 1 aromatic rings. The van der Waals surface area contributed by atoms with Crippen molar-refractivity contribution in [2.75, 3.05) is 6.61 Å². The van der Waals surface area contributed by atoms with Crippen LogP contribution in [0, 0.1) is 0 Å². The topological polar surface area (TPSA) is 213 Å². The first-order valence-corrected chi connectivity index (χ1v) is 14.5. The summed E-state index contributed by atoms with van der Waals surface area (Å²) in [5.41, 5.74) is -8.93. The van der Waals surface area contributed by atoms with E-state index in [2.05, 4.69) is 6.92 Å². The molecular formula is C30H42O12. The van der Waals surface area contributed by atoms with Crippen molar-refractivity contribution in [2.45, 2.75) is 110 Å². The van der Waals surface area contributed by atoms with Gasteiger partial charge in [-0.3, -0.25) is 0 Å². The first kappa shape index (κ1) is 36.1. The number of ether oxygens (including phenoxy) is 1. The summed E-state index contributed by atoms with van der Waals surface area (Å²) in [4.78, 5) is 71.9. The molecule has 1 rings (SSSR count). The smallest absolute Gasteiger partial charge is 0.339 e. The van der Waals surface area contributed by atoms with Crippen LogP contribution < -0.4 is 0 Å². The van der Waals surface area contributed by atoms with Gasteiger partial charge in [-0.15, -0.1) is 0 Å². The van der Waals surface area contributed by atoms with E-state index in [0.29, 0.717) is 12.8 Å². The van der Waals surface area contributed by atoms with Gasteiger partial charge in [0.15, 0.2) is 0 Å². The lowest BCUT2D eigenvalue weighted by Gasteiger charge is -2.17. The Labute approximate surface area is 244 Å². The van der Waals surface area contributed by atoms with E-state index in [1.54, 1.807) is 0 Å². The van der Waals surface area contributed by atoms with E-state index >= 15 is 0 Å². The molecular weight excluding hydrogens is 552 g/mol. The molecule has 12 heteroatoms. The van der Waals surface area contributed by atoms with E-state index in [1.807, 2.05) is 0 Å². The Bertz CT molecular complexity index is 1070. The summed E-state index contributed by atoms with van der Waals surface area (Å²) >= 11 is 0. The van der Waals surface area contributed by atoms with Crippen molar-refractivity contribution in [1.29, 1.82) is 0 Å². The van der Waals surface area contributed by atoms with Gasteiger partial charge in [-0.2, -0.15) is 0 Å². The van der Waals surface area contributed by atoms with Crippen LogP contribution in [0.1, 0.15) is 172 Å². The lowest BCUT2D eigenvalue weighted by Crippen LogP contribution is -2.28. The number of carboxylic acids is 5. The minimum absolute atomic E-state index is 0.263. The van der Waals surface area contributed by atoms with Crippen molar-refractivity contribution < 1.29 is 59.0 Å². The molecule has 0 unspecified atom stereocenters. The Hall–Kier alpha value is -3.96. The SMILES string of the molecule is CCCCCCCCCCCCCCCCCCOC(=O)c1c(C(=O)O)c(C(=O)O)c(C(=O)O)c(C(=O)O)c1C(=O)O. The van der Waals surface area contributed by atoms with Gasteiger partial charge in [-0.05, 0) is 6.42 Å². The number of benzene rings is 1. The molecule has 0 atom stereocenters. The molecule has 0 radical (unpaired) electrons. The summed E-state index contributed by atoms with van der Waals surface area (Å²) in [6.07, 6.45) is 17.8. The highest BCUT2D eigenvalue weighted by atomic mass is 16.5. The number of carboxylic acid groups (broad SMARTS) is 5. The maximum absolute atomic E-state index is 12.8. The van der Waals surface area contributed by atoms with Gasteiger partial charge in [0, 0.05) is 0 Å². The molecule has 5 N–H and O–H groups in total. The van der Waals surface area contributed by atoms with Crippen molar-refractivity contribution in [1.82, 2.24) is 0 Å². The number of aromatic carboxylic acids is 5. The number of hydrogen-bond acceptors (Lipinski definition) is 7. The molecule has 0 saturated heterocycles. The van der Waals surface area contributed by atoms with Crippen molar-refractivity contribution in [2.24, 2.45) is 0 Å². The van der Waals surface area contributed by atoms with E-state index < -0.39 is 69.2 Å². The van der Waals surface area contributed by atoms with E-state index in [9.17, 15) is 54.3 Å². The lowest BCUT2D eigenvalue weighted by molar-refractivity contribution is 0.0474. The molecule has 0 aliphatic carbocycles. The summed E-state index contributed by atoms with van der Waals surface area (Å²) in [6, 6.07) is 0. The highest BCUT2D eigenvalue weighted by Gasteiger charge is 2.41. The summed E-state index contributed by atoms with van der Waals surface area (Å²) in [7, 11) is 0. The average Bonchev–Trinajstić information content (AvgIpc) is 2.92. The van der Waals surface area contributed by atoms with E-state index in [0.717, 1.165) is 25.7 Å². The van der Waals surface area contributed by atoms with E-state index in [-0.39, 0.29) is 6.61 Å². The number of hydrogen-bond donors (Lipinski definition) is 5. The molecule has 12 nitrogen and oxygen atoms in total. The zero-order valence-corrected chi connectivity index (χ0v) is 24.1. The quantitative estimate of drug-likeness (QED) is 0.0670.